The highest BCUT2D eigenvalue weighted by Gasteiger charge is 2.21. The summed E-state index contributed by atoms with van der Waals surface area (Å²) < 4.78 is 2.18. The third-order valence-electron chi connectivity index (χ3n) is 7.28. The maximum atomic E-state index is 5.08. The molecule has 8 aromatic rings. The number of benzene rings is 5. The number of hydrogen-bond acceptors (Lipinski definition) is 4. The van der Waals surface area contributed by atoms with Crippen LogP contribution in [0.4, 0.5) is 0 Å². The second-order valence-electron chi connectivity index (χ2n) is 9.54. The Morgan fingerprint density at radius 2 is 1.03 bits per heavy atom. The van der Waals surface area contributed by atoms with Gasteiger partial charge in [-0.25, -0.2) is 4.98 Å². The Hall–Kier alpha value is -5.42. The van der Waals surface area contributed by atoms with Crippen molar-refractivity contribution in [1.82, 2.24) is 24.5 Å². The van der Waals surface area contributed by atoms with Crippen LogP contribution in [0, 0.1) is 0 Å². The molecule has 0 fully saturated rings. The third-order valence-corrected chi connectivity index (χ3v) is 7.28. The minimum atomic E-state index is 0.578. The Morgan fingerprint density at radius 1 is 0.462 bits per heavy atom. The van der Waals surface area contributed by atoms with E-state index in [1.807, 2.05) is 72.9 Å². The zero-order valence-corrected chi connectivity index (χ0v) is 20.9. The lowest BCUT2D eigenvalue weighted by atomic mass is 10.00. The molecule has 5 nitrogen and oxygen atoms in total. The monoisotopic (exact) mass is 499 g/mol. The van der Waals surface area contributed by atoms with Crippen molar-refractivity contribution in [1.29, 1.82) is 0 Å². The fourth-order valence-electron chi connectivity index (χ4n) is 5.59. The first-order chi connectivity index (χ1) is 19.4. The van der Waals surface area contributed by atoms with E-state index >= 15 is 0 Å². The Labute approximate surface area is 224 Å². The summed E-state index contributed by atoms with van der Waals surface area (Å²) in [4.78, 5) is 19.9. The van der Waals surface area contributed by atoms with Gasteiger partial charge in [-0.3, -0.25) is 9.55 Å². The predicted octanol–water partition coefficient (Wildman–Crippen LogP) is 8.00. The average Bonchev–Trinajstić information content (AvgIpc) is 3.38. The van der Waals surface area contributed by atoms with Crippen LogP contribution in [0.2, 0.25) is 0 Å². The van der Waals surface area contributed by atoms with Gasteiger partial charge in [0.15, 0.2) is 11.6 Å². The minimum Gasteiger partial charge on any atom is -0.277 e. The number of fused-ring (bicyclic) bond motifs is 8. The Morgan fingerprint density at radius 3 is 1.72 bits per heavy atom. The second kappa shape index (κ2) is 8.57. The number of hydrogen-bond donors (Lipinski definition) is 0. The van der Waals surface area contributed by atoms with E-state index < -0.39 is 0 Å². The van der Waals surface area contributed by atoms with Crippen LogP contribution in [0.5, 0.6) is 0 Å². The van der Waals surface area contributed by atoms with Crippen LogP contribution in [0.25, 0.3) is 72.2 Å². The molecule has 0 aliphatic rings. The maximum Gasteiger partial charge on any atom is 0.238 e. The molecule has 182 valence electrons. The highest BCUT2D eigenvalue weighted by atomic mass is 15.2. The van der Waals surface area contributed by atoms with Gasteiger partial charge in [-0.2, -0.15) is 9.97 Å². The average molecular weight is 500 g/mol. The molecule has 8 rings (SSSR count). The second-order valence-corrected chi connectivity index (χ2v) is 9.54. The number of nitrogens with zero attached hydrogens (tertiary/aromatic N) is 5. The summed E-state index contributed by atoms with van der Waals surface area (Å²) in [5, 5.41) is 5.68. The molecule has 0 unspecified atom stereocenters. The highest BCUT2D eigenvalue weighted by molar-refractivity contribution is 6.31. The van der Waals surface area contributed by atoms with Gasteiger partial charge >= 0.3 is 0 Å². The van der Waals surface area contributed by atoms with E-state index in [1.165, 1.54) is 5.39 Å². The summed E-state index contributed by atoms with van der Waals surface area (Å²) in [6.45, 7) is 0. The molecule has 0 spiro atoms. The van der Waals surface area contributed by atoms with Crippen LogP contribution in [0.3, 0.4) is 0 Å². The Bertz CT molecular complexity index is 2110. The van der Waals surface area contributed by atoms with Gasteiger partial charge in [-0.05, 0) is 23.6 Å². The van der Waals surface area contributed by atoms with Gasteiger partial charge in [-0.15, -0.1) is 0 Å². The molecule has 5 heteroatoms. The molecular formula is C34H21N5. The zero-order valence-electron chi connectivity index (χ0n) is 20.9. The van der Waals surface area contributed by atoms with Crippen molar-refractivity contribution in [2.75, 3.05) is 0 Å². The van der Waals surface area contributed by atoms with Gasteiger partial charge in [0.25, 0.3) is 0 Å². The van der Waals surface area contributed by atoms with Gasteiger partial charge in [0, 0.05) is 38.9 Å². The van der Waals surface area contributed by atoms with Crippen LogP contribution >= 0.6 is 0 Å². The highest BCUT2D eigenvalue weighted by Crippen LogP contribution is 2.41. The first-order valence-corrected chi connectivity index (χ1v) is 12.9. The topological polar surface area (TPSA) is 56.5 Å². The fourth-order valence-corrected chi connectivity index (χ4v) is 5.59. The number of pyridine rings is 1. The standard InChI is InChI=1S/C34H21N5/c1-3-12-22(13-4-1)32-36-33(23-14-5-2-6-15-23)38-34(37-32)39-28-20-10-9-18-26(28)29-24-16-7-8-17-25(24)30-27(31(29)39)19-11-21-35-30/h1-21H. The molecule has 0 aliphatic carbocycles. The van der Waals surface area contributed by atoms with E-state index in [2.05, 4.69) is 59.2 Å². The largest absolute Gasteiger partial charge is 0.277 e. The summed E-state index contributed by atoms with van der Waals surface area (Å²) >= 11 is 0. The van der Waals surface area contributed by atoms with Crippen LogP contribution < -0.4 is 0 Å². The SMILES string of the molecule is c1ccc(-c2nc(-c3ccccc3)nc(-n3c4ccccc4c4c5ccccc5c5ncccc5c43)n2)cc1. The number of rotatable bonds is 3. The normalized spacial score (nSPS) is 11.6. The Kier molecular flexibility index (Phi) is 4.76. The molecule has 3 aromatic heterocycles. The van der Waals surface area contributed by atoms with Crippen molar-refractivity contribution in [2.24, 2.45) is 0 Å². The summed E-state index contributed by atoms with van der Waals surface area (Å²) in [5.74, 6) is 1.84. The van der Waals surface area contributed by atoms with Crippen LogP contribution in [0.1, 0.15) is 0 Å². The van der Waals surface area contributed by atoms with Crippen molar-refractivity contribution in [3.8, 4) is 28.7 Å². The van der Waals surface area contributed by atoms with Crippen LogP contribution in [0.15, 0.2) is 128 Å². The first-order valence-electron chi connectivity index (χ1n) is 12.9. The molecular weight excluding hydrogens is 478 g/mol. The van der Waals surface area contributed by atoms with Crippen molar-refractivity contribution in [3.05, 3.63) is 128 Å². The molecule has 0 amide bonds. The molecule has 0 saturated carbocycles. The summed E-state index contributed by atoms with van der Waals surface area (Å²) in [5.41, 5.74) is 4.93. The van der Waals surface area contributed by atoms with Gasteiger partial charge in [0.1, 0.15) is 0 Å². The van der Waals surface area contributed by atoms with Crippen LogP contribution in [-0.2, 0) is 0 Å². The number of aromatic nitrogens is 5. The van der Waals surface area contributed by atoms with E-state index in [0.717, 1.165) is 49.2 Å². The van der Waals surface area contributed by atoms with Crippen molar-refractivity contribution in [3.63, 3.8) is 0 Å². The molecule has 3 heterocycles. The minimum absolute atomic E-state index is 0.578. The van der Waals surface area contributed by atoms with Crippen molar-refractivity contribution < 1.29 is 0 Å². The molecule has 5 aromatic carbocycles. The predicted molar refractivity (Wildman–Crippen MR) is 158 cm³/mol. The van der Waals surface area contributed by atoms with Crippen molar-refractivity contribution in [2.45, 2.75) is 0 Å². The summed E-state index contributed by atoms with van der Waals surface area (Å²) in [7, 11) is 0. The molecule has 0 atom stereocenters. The lowest BCUT2D eigenvalue weighted by molar-refractivity contribution is 0.955. The lowest BCUT2D eigenvalue weighted by Crippen LogP contribution is -2.06. The molecule has 0 radical (unpaired) electrons. The van der Waals surface area contributed by atoms with E-state index in [-0.39, 0.29) is 0 Å². The molecule has 39 heavy (non-hydrogen) atoms. The van der Waals surface area contributed by atoms with E-state index in [0.29, 0.717) is 17.6 Å². The van der Waals surface area contributed by atoms with Crippen LogP contribution in [-0.4, -0.2) is 24.5 Å². The van der Waals surface area contributed by atoms with E-state index in [1.54, 1.807) is 0 Å². The van der Waals surface area contributed by atoms with Gasteiger partial charge < -0.3 is 0 Å². The van der Waals surface area contributed by atoms with Gasteiger partial charge in [0.05, 0.1) is 16.6 Å². The smallest absolute Gasteiger partial charge is 0.238 e. The lowest BCUT2D eigenvalue weighted by Gasteiger charge is -2.12. The molecule has 0 bridgehead atoms. The molecule has 0 saturated heterocycles. The molecule has 0 aliphatic heterocycles. The van der Waals surface area contributed by atoms with Crippen molar-refractivity contribution >= 4 is 43.5 Å². The third kappa shape index (κ3) is 3.33. The first kappa shape index (κ1) is 21.6. The van der Waals surface area contributed by atoms with E-state index in [9.17, 15) is 0 Å². The zero-order chi connectivity index (χ0) is 25.8. The van der Waals surface area contributed by atoms with Gasteiger partial charge in [-0.1, -0.05) is 103 Å². The quantitative estimate of drug-likeness (QED) is 0.231. The van der Waals surface area contributed by atoms with E-state index in [4.69, 9.17) is 19.9 Å². The number of para-hydroxylation sites is 1. The Balaban J connectivity index is 1.57. The molecule has 0 N–H and O–H groups in total. The summed E-state index contributed by atoms with van der Waals surface area (Å²) in [6.07, 6.45) is 1.86. The van der Waals surface area contributed by atoms with Gasteiger partial charge in [0.2, 0.25) is 5.95 Å². The fraction of sp³-hybridized carbons (Fsp3) is 0. The maximum absolute atomic E-state index is 5.08. The summed E-state index contributed by atoms with van der Waals surface area (Å²) in [6, 6.07) is 41.3.